The topological polar surface area (TPSA) is 92.7 Å². The van der Waals surface area contributed by atoms with Crippen LogP contribution in [0, 0.1) is 11.8 Å². The number of hydrogen-bond donors (Lipinski definition) is 2. The zero-order valence-corrected chi connectivity index (χ0v) is 25.8. The maximum absolute atomic E-state index is 13.7. The molecule has 41 heavy (non-hydrogen) atoms. The minimum absolute atomic E-state index is 0.0786. The van der Waals surface area contributed by atoms with Crippen molar-refractivity contribution in [1.82, 2.24) is 5.32 Å². The Morgan fingerprint density at radius 3 is 1.98 bits per heavy atom. The quantitative estimate of drug-likeness (QED) is 0.170. The van der Waals surface area contributed by atoms with Gasteiger partial charge < -0.3 is 14.9 Å². The fourth-order valence-electron chi connectivity index (χ4n) is 4.72. The molecule has 3 aromatic rings. The average molecular weight is 578 g/mol. The summed E-state index contributed by atoms with van der Waals surface area (Å²) in [6, 6.07) is 26.6. The van der Waals surface area contributed by atoms with Crippen molar-refractivity contribution in [2.45, 2.75) is 65.5 Å². The Morgan fingerprint density at radius 1 is 0.854 bits per heavy atom. The average Bonchev–Trinajstić information content (AvgIpc) is 2.91. The first-order valence-corrected chi connectivity index (χ1v) is 16.4. The van der Waals surface area contributed by atoms with Gasteiger partial charge in [-0.15, -0.1) is 0 Å². The van der Waals surface area contributed by atoms with Gasteiger partial charge >= 0.3 is 5.97 Å². The van der Waals surface area contributed by atoms with E-state index in [1.165, 1.54) is 0 Å². The molecule has 3 aromatic carbocycles. The summed E-state index contributed by atoms with van der Waals surface area (Å²) in [5.74, 6) is -1.57. The number of ether oxygens (including phenoxy) is 1. The molecule has 0 spiro atoms. The Labute approximate surface area is 245 Å². The van der Waals surface area contributed by atoms with E-state index in [4.69, 9.17) is 4.74 Å². The second-order valence-corrected chi connectivity index (χ2v) is 14.7. The highest BCUT2D eigenvalue weighted by Gasteiger charge is 2.33. The van der Waals surface area contributed by atoms with Gasteiger partial charge in [-0.1, -0.05) is 98.8 Å². The van der Waals surface area contributed by atoms with Gasteiger partial charge in [-0.3, -0.25) is 9.36 Å². The summed E-state index contributed by atoms with van der Waals surface area (Å²) >= 11 is 0. The molecule has 0 bridgehead atoms. The van der Waals surface area contributed by atoms with E-state index in [9.17, 15) is 19.0 Å². The monoisotopic (exact) mass is 577 g/mol. The number of carbonyl (C=O) groups is 2. The highest BCUT2D eigenvalue weighted by atomic mass is 31.2. The third-order valence-electron chi connectivity index (χ3n) is 6.73. The first kappa shape index (κ1) is 32.3. The minimum atomic E-state index is -3.67. The summed E-state index contributed by atoms with van der Waals surface area (Å²) in [5, 5.41) is 2.88. The maximum atomic E-state index is 13.7. The lowest BCUT2D eigenvalue weighted by Gasteiger charge is -2.27. The van der Waals surface area contributed by atoms with Gasteiger partial charge in [0.2, 0.25) is 13.3 Å². The molecule has 0 aliphatic rings. The maximum Gasteiger partial charge on any atom is 0.329 e. The Hall–Kier alpha value is -3.21. The molecule has 0 heterocycles. The van der Waals surface area contributed by atoms with E-state index in [0.29, 0.717) is 12.8 Å². The number of esters is 1. The van der Waals surface area contributed by atoms with Crippen LogP contribution in [0.3, 0.4) is 0 Å². The van der Waals surface area contributed by atoms with Gasteiger partial charge in [-0.05, 0) is 68.2 Å². The van der Waals surface area contributed by atoms with Crippen LogP contribution in [0.15, 0.2) is 84.9 Å². The smallest absolute Gasteiger partial charge is 0.329 e. The van der Waals surface area contributed by atoms with Crippen molar-refractivity contribution in [1.29, 1.82) is 0 Å². The highest BCUT2D eigenvalue weighted by molar-refractivity contribution is 7.58. The zero-order chi connectivity index (χ0) is 30.0. The molecule has 0 saturated carbocycles. The molecule has 3 rings (SSSR count). The van der Waals surface area contributed by atoms with Gasteiger partial charge in [0, 0.05) is 12.3 Å². The number of carbonyl (C=O) groups excluding carboxylic acids is 2. The Morgan fingerprint density at radius 2 is 1.41 bits per heavy atom. The van der Waals surface area contributed by atoms with Gasteiger partial charge in [0.05, 0.1) is 5.92 Å². The van der Waals surface area contributed by atoms with Gasteiger partial charge in [-0.2, -0.15) is 0 Å². The number of rotatable bonds is 13. The summed E-state index contributed by atoms with van der Waals surface area (Å²) < 4.78 is 19.0. The standard InChI is InChI=1S/C34H44NO5P/c1-25(2)22-31(33(37)40-34(3,4)5)35-32(36)30(24-41(38,39)21-20-26-12-8-6-9-13-26)23-27-16-18-29(19-17-27)28-14-10-7-11-15-28/h6-19,25,30-31H,20-24H2,1-5H3,(H,35,36)(H,38,39). The number of amides is 1. The molecule has 0 saturated heterocycles. The van der Waals surface area contributed by atoms with Crippen molar-refractivity contribution in [2.24, 2.45) is 11.8 Å². The van der Waals surface area contributed by atoms with E-state index in [0.717, 1.165) is 22.3 Å². The first-order valence-electron chi connectivity index (χ1n) is 14.3. The molecular weight excluding hydrogens is 533 g/mol. The molecule has 2 N–H and O–H groups in total. The number of hydrogen-bond acceptors (Lipinski definition) is 4. The van der Waals surface area contributed by atoms with E-state index in [1.54, 1.807) is 20.8 Å². The van der Waals surface area contributed by atoms with Crippen LogP contribution in [0.5, 0.6) is 0 Å². The van der Waals surface area contributed by atoms with E-state index < -0.39 is 36.8 Å². The summed E-state index contributed by atoms with van der Waals surface area (Å²) in [5.41, 5.74) is 3.29. The lowest BCUT2D eigenvalue weighted by atomic mass is 9.96. The van der Waals surface area contributed by atoms with Crippen molar-refractivity contribution in [3.63, 3.8) is 0 Å². The number of benzene rings is 3. The van der Waals surface area contributed by atoms with Crippen molar-refractivity contribution >= 4 is 19.2 Å². The van der Waals surface area contributed by atoms with Crippen LogP contribution in [-0.2, 0) is 31.7 Å². The molecule has 6 nitrogen and oxygen atoms in total. The van der Waals surface area contributed by atoms with Crippen LogP contribution < -0.4 is 5.32 Å². The molecule has 220 valence electrons. The summed E-state index contributed by atoms with van der Waals surface area (Å²) in [4.78, 5) is 37.7. The number of aryl methyl sites for hydroxylation is 1. The fourth-order valence-corrected chi connectivity index (χ4v) is 6.49. The second-order valence-electron chi connectivity index (χ2n) is 12.2. The lowest BCUT2D eigenvalue weighted by Crippen LogP contribution is -2.47. The van der Waals surface area contributed by atoms with Gasteiger partial charge in [-0.25, -0.2) is 4.79 Å². The third-order valence-corrected chi connectivity index (χ3v) is 8.66. The highest BCUT2D eigenvalue weighted by Crippen LogP contribution is 2.44. The lowest BCUT2D eigenvalue weighted by molar-refractivity contribution is -0.159. The fraction of sp³-hybridized carbons (Fsp3) is 0.412. The first-order chi connectivity index (χ1) is 19.3. The molecule has 0 aliphatic heterocycles. The predicted molar refractivity (Wildman–Crippen MR) is 166 cm³/mol. The van der Waals surface area contributed by atoms with Crippen molar-refractivity contribution < 1.29 is 23.8 Å². The van der Waals surface area contributed by atoms with Crippen molar-refractivity contribution in [3.05, 3.63) is 96.1 Å². The molecule has 3 unspecified atom stereocenters. The Kier molecular flexibility index (Phi) is 11.5. The van der Waals surface area contributed by atoms with Gasteiger partial charge in [0.15, 0.2) is 0 Å². The zero-order valence-electron chi connectivity index (χ0n) is 24.9. The van der Waals surface area contributed by atoms with E-state index in [2.05, 4.69) is 5.32 Å². The summed E-state index contributed by atoms with van der Waals surface area (Å²) in [7, 11) is -3.67. The Balaban J connectivity index is 1.81. The predicted octanol–water partition coefficient (Wildman–Crippen LogP) is 6.90. The van der Waals surface area contributed by atoms with E-state index in [1.807, 2.05) is 98.8 Å². The molecule has 1 amide bonds. The van der Waals surface area contributed by atoms with Crippen LogP contribution in [0.1, 0.15) is 52.2 Å². The van der Waals surface area contributed by atoms with E-state index >= 15 is 0 Å². The SMILES string of the molecule is CC(C)CC(NC(=O)C(Cc1ccc(-c2ccccc2)cc1)CP(=O)(O)CCc1ccccc1)C(=O)OC(C)(C)C. The van der Waals surface area contributed by atoms with Crippen LogP contribution in [0.2, 0.25) is 0 Å². The van der Waals surface area contributed by atoms with Crippen LogP contribution >= 0.6 is 7.37 Å². The molecular formula is C34H44NO5P. The molecule has 0 aromatic heterocycles. The van der Waals surface area contributed by atoms with Crippen LogP contribution in [0.4, 0.5) is 0 Å². The van der Waals surface area contributed by atoms with Gasteiger partial charge in [0.1, 0.15) is 11.6 Å². The molecule has 0 fully saturated rings. The van der Waals surface area contributed by atoms with E-state index in [-0.39, 0.29) is 24.7 Å². The summed E-state index contributed by atoms with van der Waals surface area (Å²) in [6.45, 7) is 9.31. The second kappa shape index (κ2) is 14.6. The Bertz CT molecular complexity index is 1300. The van der Waals surface area contributed by atoms with Crippen molar-refractivity contribution in [3.8, 4) is 11.1 Å². The molecule has 7 heteroatoms. The van der Waals surface area contributed by atoms with Gasteiger partial charge in [0.25, 0.3) is 0 Å². The van der Waals surface area contributed by atoms with Crippen molar-refractivity contribution in [2.75, 3.05) is 12.3 Å². The normalized spacial score (nSPS) is 14.6. The van der Waals surface area contributed by atoms with Crippen LogP contribution in [0.25, 0.3) is 11.1 Å². The number of nitrogens with one attached hydrogen (secondary N) is 1. The molecule has 3 atom stereocenters. The van der Waals surface area contributed by atoms with Crippen LogP contribution in [-0.4, -0.2) is 40.7 Å². The largest absolute Gasteiger partial charge is 0.458 e. The molecule has 0 radical (unpaired) electrons. The summed E-state index contributed by atoms with van der Waals surface area (Å²) in [6.07, 6.45) is 1.04. The molecule has 0 aliphatic carbocycles. The third kappa shape index (κ3) is 11.3. The minimum Gasteiger partial charge on any atom is -0.458 e.